The summed E-state index contributed by atoms with van der Waals surface area (Å²) in [6, 6.07) is 12.6. The first-order chi connectivity index (χ1) is 13.8. The fourth-order valence-corrected chi connectivity index (χ4v) is 3.29. The predicted molar refractivity (Wildman–Crippen MR) is 108 cm³/mol. The third kappa shape index (κ3) is 5.12. The number of ether oxygens (including phenoxy) is 1. The number of benzene rings is 1. The van der Waals surface area contributed by atoms with Crippen LogP contribution < -0.4 is 5.32 Å². The fraction of sp³-hybridized carbons (Fsp3) is 0.333. The zero-order valence-electron chi connectivity index (χ0n) is 16.2. The number of anilines is 1. The molecule has 1 aromatic carbocycles. The summed E-state index contributed by atoms with van der Waals surface area (Å²) in [5, 5.41) is 3.01. The molecule has 8 heteroatoms. The van der Waals surface area contributed by atoms with Crippen LogP contribution in [0.1, 0.15) is 31.9 Å². The molecule has 0 spiro atoms. The standard InChI is InChI=1S/C21H22ClN3O4/c1-13(15-6-4-3-5-7-15)25-12-16(10-19(25)26)21(28)29-14(2)20(27)24-18-9-8-17(22)11-23-18/h3-9,11,13-14,16H,10,12H2,1-2H3,(H,23,24,27)/t13-,14-,16-/m0/s1. The van der Waals surface area contributed by atoms with Gasteiger partial charge >= 0.3 is 5.97 Å². The Bertz CT molecular complexity index is 889. The molecule has 3 atom stereocenters. The van der Waals surface area contributed by atoms with E-state index in [0.29, 0.717) is 10.8 Å². The van der Waals surface area contributed by atoms with E-state index in [-0.39, 0.29) is 24.9 Å². The molecule has 1 aliphatic heterocycles. The van der Waals surface area contributed by atoms with Gasteiger partial charge in [-0.1, -0.05) is 41.9 Å². The van der Waals surface area contributed by atoms with E-state index < -0.39 is 23.9 Å². The summed E-state index contributed by atoms with van der Waals surface area (Å²) < 4.78 is 5.29. The molecule has 1 aliphatic rings. The summed E-state index contributed by atoms with van der Waals surface area (Å²) >= 11 is 5.76. The average molecular weight is 416 g/mol. The molecule has 152 valence electrons. The molecular formula is C21H22ClN3O4. The molecule has 1 fully saturated rings. The van der Waals surface area contributed by atoms with E-state index in [2.05, 4.69) is 10.3 Å². The molecule has 1 aromatic heterocycles. The first-order valence-corrected chi connectivity index (χ1v) is 9.70. The van der Waals surface area contributed by atoms with Crippen molar-refractivity contribution in [3.05, 3.63) is 59.2 Å². The summed E-state index contributed by atoms with van der Waals surface area (Å²) in [6.07, 6.45) is 0.458. The van der Waals surface area contributed by atoms with E-state index >= 15 is 0 Å². The summed E-state index contributed by atoms with van der Waals surface area (Å²) in [4.78, 5) is 42.8. The molecule has 2 heterocycles. The number of likely N-dealkylation sites (tertiary alicyclic amines) is 1. The Morgan fingerprint density at radius 2 is 1.93 bits per heavy atom. The van der Waals surface area contributed by atoms with Crippen molar-refractivity contribution in [3.8, 4) is 0 Å². The smallest absolute Gasteiger partial charge is 0.312 e. The van der Waals surface area contributed by atoms with Gasteiger partial charge in [-0.25, -0.2) is 4.98 Å². The van der Waals surface area contributed by atoms with Gasteiger partial charge in [0.1, 0.15) is 5.82 Å². The number of hydrogen-bond acceptors (Lipinski definition) is 5. The highest BCUT2D eigenvalue weighted by Crippen LogP contribution is 2.29. The molecule has 0 radical (unpaired) electrons. The van der Waals surface area contributed by atoms with Gasteiger partial charge in [-0.2, -0.15) is 0 Å². The van der Waals surface area contributed by atoms with Gasteiger partial charge in [-0.15, -0.1) is 0 Å². The molecule has 0 aliphatic carbocycles. The lowest BCUT2D eigenvalue weighted by molar-refractivity contribution is -0.157. The molecule has 1 saturated heterocycles. The number of amides is 2. The highest BCUT2D eigenvalue weighted by atomic mass is 35.5. The Morgan fingerprint density at radius 3 is 2.59 bits per heavy atom. The second kappa shape index (κ2) is 9.05. The Balaban J connectivity index is 1.55. The number of hydrogen-bond donors (Lipinski definition) is 1. The quantitative estimate of drug-likeness (QED) is 0.732. The average Bonchev–Trinajstić information content (AvgIpc) is 3.11. The van der Waals surface area contributed by atoms with E-state index in [4.69, 9.17) is 16.3 Å². The largest absolute Gasteiger partial charge is 0.452 e. The first-order valence-electron chi connectivity index (χ1n) is 9.32. The summed E-state index contributed by atoms with van der Waals surface area (Å²) in [6.45, 7) is 3.67. The van der Waals surface area contributed by atoms with Gasteiger partial charge in [0.2, 0.25) is 5.91 Å². The highest BCUT2D eigenvalue weighted by molar-refractivity contribution is 6.30. The van der Waals surface area contributed by atoms with Crippen LogP contribution in [-0.4, -0.2) is 40.3 Å². The lowest BCUT2D eigenvalue weighted by Crippen LogP contribution is -2.34. The molecule has 0 bridgehead atoms. The van der Waals surface area contributed by atoms with Crippen LogP contribution in [0.2, 0.25) is 5.02 Å². The monoisotopic (exact) mass is 415 g/mol. The van der Waals surface area contributed by atoms with Crippen molar-refractivity contribution < 1.29 is 19.1 Å². The number of pyridine rings is 1. The zero-order chi connectivity index (χ0) is 21.0. The highest BCUT2D eigenvalue weighted by Gasteiger charge is 2.38. The van der Waals surface area contributed by atoms with Crippen LogP contribution in [0.5, 0.6) is 0 Å². The van der Waals surface area contributed by atoms with Crippen molar-refractivity contribution in [3.63, 3.8) is 0 Å². The number of aromatic nitrogens is 1. The maximum atomic E-state index is 12.5. The van der Waals surface area contributed by atoms with Crippen LogP contribution in [0.3, 0.4) is 0 Å². The lowest BCUT2D eigenvalue weighted by Gasteiger charge is -2.25. The molecule has 0 unspecified atom stereocenters. The lowest BCUT2D eigenvalue weighted by atomic mass is 10.1. The van der Waals surface area contributed by atoms with Crippen molar-refractivity contribution in [1.82, 2.24) is 9.88 Å². The van der Waals surface area contributed by atoms with Crippen molar-refractivity contribution >= 4 is 35.2 Å². The van der Waals surface area contributed by atoms with Gasteiger partial charge in [0.25, 0.3) is 5.91 Å². The van der Waals surface area contributed by atoms with Crippen LogP contribution in [0.15, 0.2) is 48.7 Å². The minimum Gasteiger partial charge on any atom is -0.452 e. The van der Waals surface area contributed by atoms with Crippen molar-refractivity contribution in [2.24, 2.45) is 5.92 Å². The number of nitrogens with zero attached hydrogens (tertiary/aromatic N) is 2. The fourth-order valence-electron chi connectivity index (χ4n) is 3.18. The number of esters is 1. The first kappa shape index (κ1) is 20.8. The van der Waals surface area contributed by atoms with Crippen molar-refractivity contribution in [1.29, 1.82) is 0 Å². The van der Waals surface area contributed by atoms with E-state index in [0.717, 1.165) is 5.56 Å². The summed E-state index contributed by atoms with van der Waals surface area (Å²) in [7, 11) is 0. The Kier molecular flexibility index (Phi) is 6.49. The van der Waals surface area contributed by atoms with Crippen LogP contribution >= 0.6 is 11.6 Å². The van der Waals surface area contributed by atoms with Crippen LogP contribution in [0.25, 0.3) is 0 Å². The van der Waals surface area contributed by atoms with Gasteiger partial charge in [-0.05, 0) is 31.5 Å². The second-order valence-corrected chi connectivity index (χ2v) is 7.40. The third-order valence-corrected chi connectivity index (χ3v) is 5.11. The Labute approximate surface area is 174 Å². The van der Waals surface area contributed by atoms with E-state index in [1.807, 2.05) is 37.3 Å². The normalized spacial score (nSPS) is 18.2. The number of halogens is 1. The number of carbonyl (C=O) groups is 3. The number of carbonyl (C=O) groups excluding carboxylic acids is 3. The van der Waals surface area contributed by atoms with Gasteiger partial charge in [0.15, 0.2) is 6.10 Å². The van der Waals surface area contributed by atoms with Crippen molar-refractivity contribution in [2.45, 2.75) is 32.4 Å². The van der Waals surface area contributed by atoms with E-state index in [9.17, 15) is 14.4 Å². The van der Waals surface area contributed by atoms with Crippen molar-refractivity contribution in [2.75, 3.05) is 11.9 Å². The van der Waals surface area contributed by atoms with Gasteiger partial charge in [-0.3, -0.25) is 14.4 Å². The Hall–Kier alpha value is -2.93. The molecule has 7 nitrogen and oxygen atoms in total. The minimum atomic E-state index is -1.02. The van der Waals surface area contributed by atoms with Gasteiger partial charge < -0.3 is 15.0 Å². The maximum absolute atomic E-state index is 12.5. The summed E-state index contributed by atoms with van der Waals surface area (Å²) in [5.74, 6) is -1.47. The zero-order valence-corrected chi connectivity index (χ0v) is 16.9. The molecule has 2 aromatic rings. The van der Waals surface area contributed by atoms with E-state index in [1.165, 1.54) is 13.1 Å². The maximum Gasteiger partial charge on any atom is 0.312 e. The number of nitrogens with one attached hydrogen (secondary N) is 1. The van der Waals surface area contributed by atoms with Crippen LogP contribution in [-0.2, 0) is 19.1 Å². The topological polar surface area (TPSA) is 88.6 Å². The molecular weight excluding hydrogens is 394 g/mol. The third-order valence-electron chi connectivity index (χ3n) is 4.88. The van der Waals surface area contributed by atoms with Crippen LogP contribution in [0.4, 0.5) is 5.82 Å². The Morgan fingerprint density at radius 1 is 1.21 bits per heavy atom. The second-order valence-electron chi connectivity index (χ2n) is 6.96. The van der Waals surface area contributed by atoms with Crippen LogP contribution in [0, 0.1) is 5.92 Å². The molecule has 2 amide bonds. The molecule has 1 N–H and O–H groups in total. The minimum absolute atomic E-state index is 0.0725. The SMILES string of the molecule is C[C@H](OC(=O)[C@H]1CC(=O)N([C@@H](C)c2ccccc2)C1)C(=O)Nc1ccc(Cl)cn1. The van der Waals surface area contributed by atoms with Gasteiger partial charge in [0.05, 0.1) is 17.0 Å². The summed E-state index contributed by atoms with van der Waals surface area (Å²) in [5.41, 5.74) is 0.998. The molecule has 0 saturated carbocycles. The molecule has 29 heavy (non-hydrogen) atoms. The number of rotatable bonds is 6. The van der Waals surface area contributed by atoms with Gasteiger partial charge in [0, 0.05) is 19.2 Å². The van der Waals surface area contributed by atoms with E-state index in [1.54, 1.807) is 17.0 Å². The predicted octanol–water partition coefficient (Wildman–Crippen LogP) is 3.21. The molecule has 3 rings (SSSR count).